The summed E-state index contributed by atoms with van der Waals surface area (Å²) in [6.07, 6.45) is 0. The van der Waals surface area contributed by atoms with Crippen LogP contribution >= 0.6 is 0 Å². The number of carbonyl (C=O) groups excluding carboxylic acids is 1. The third-order valence-corrected chi connectivity index (χ3v) is 3.10. The topological polar surface area (TPSA) is 44.8 Å². The molecule has 2 aromatic rings. The van der Waals surface area contributed by atoms with Crippen molar-refractivity contribution in [2.24, 2.45) is 0 Å². The fraction of sp³-hybridized carbons (Fsp3) is 0.235. The van der Waals surface area contributed by atoms with Gasteiger partial charge in [-0.05, 0) is 36.8 Å². The lowest BCUT2D eigenvalue weighted by molar-refractivity contribution is -0.0512. The van der Waals surface area contributed by atoms with E-state index in [1.54, 1.807) is 12.1 Å². The largest absolute Gasteiger partial charge is 0.493 e. The lowest BCUT2D eigenvalue weighted by atomic mass is 10.1. The SMILES string of the molecule is COc1cc(COC(=O)c2ccc(C)cc2)ccc1OC(F)F. The second kappa shape index (κ2) is 7.58. The molecule has 0 amide bonds. The van der Waals surface area contributed by atoms with Gasteiger partial charge in [0.05, 0.1) is 12.7 Å². The van der Waals surface area contributed by atoms with Gasteiger partial charge in [0.15, 0.2) is 11.5 Å². The maximum atomic E-state index is 12.3. The van der Waals surface area contributed by atoms with Crippen LogP contribution in [0.4, 0.5) is 8.78 Å². The number of rotatable bonds is 6. The van der Waals surface area contributed by atoms with Gasteiger partial charge < -0.3 is 14.2 Å². The van der Waals surface area contributed by atoms with E-state index in [1.165, 1.54) is 25.3 Å². The Hall–Kier alpha value is -2.63. The molecule has 0 saturated heterocycles. The highest BCUT2D eigenvalue weighted by atomic mass is 19.3. The van der Waals surface area contributed by atoms with Gasteiger partial charge in [0.2, 0.25) is 0 Å². The van der Waals surface area contributed by atoms with Gasteiger partial charge in [0, 0.05) is 0 Å². The predicted octanol–water partition coefficient (Wildman–Crippen LogP) is 3.96. The molecular weight excluding hydrogens is 306 g/mol. The first-order valence-electron chi connectivity index (χ1n) is 6.85. The Bertz CT molecular complexity index is 669. The normalized spacial score (nSPS) is 10.5. The summed E-state index contributed by atoms with van der Waals surface area (Å²) in [5.41, 5.74) is 2.09. The standard InChI is InChI=1S/C17H16F2O4/c1-11-3-6-13(7-4-11)16(20)22-10-12-5-8-14(23-17(18)19)15(9-12)21-2/h3-9,17H,10H2,1-2H3. The first-order chi connectivity index (χ1) is 11.0. The minimum absolute atomic E-state index is 0.00196. The molecule has 0 spiro atoms. The lowest BCUT2D eigenvalue weighted by Crippen LogP contribution is -2.06. The van der Waals surface area contributed by atoms with Crippen molar-refractivity contribution in [3.8, 4) is 11.5 Å². The van der Waals surface area contributed by atoms with Crippen LogP contribution in [0.25, 0.3) is 0 Å². The average Bonchev–Trinajstić information content (AvgIpc) is 2.53. The van der Waals surface area contributed by atoms with E-state index in [2.05, 4.69) is 4.74 Å². The summed E-state index contributed by atoms with van der Waals surface area (Å²) in [5.74, 6) is -0.387. The number of esters is 1. The Balaban J connectivity index is 2.02. The molecule has 122 valence electrons. The Kier molecular flexibility index (Phi) is 5.51. The van der Waals surface area contributed by atoms with Gasteiger partial charge in [0.1, 0.15) is 6.61 Å². The van der Waals surface area contributed by atoms with E-state index < -0.39 is 12.6 Å². The number of aryl methyl sites for hydroxylation is 1. The highest BCUT2D eigenvalue weighted by Gasteiger charge is 2.12. The number of ether oxygens (including phenoxy) is 3. The zero-order valence-electron chi connectivity index (χ0n) is 12.7. The highest BCUT2D eigenvalue weighted by Crippen LogP contribution is 2.29. The first-order valence-corrected chi connectivity index (χ1v) is 6.85. The van der Waals surface area contributed by atoms with E-state index in [0.29, 0.717) is 11.1 Å². The Morgan fingerprint density at radius 1 is 1.09 bits per heavy atom. The Labute approximate surface area is 132 Å². The van der Waals surface area contributed by atoms with Crippen molar-refractivity contribution in [3.63, 3.8) is 0 Å². The second-order valence-electron chi connectivity index (χ2n) is 4.81. The average molecular weight is 322 g/mol. The minimum atomic E-state index is -2.94. The molecule has 0 bridgehead atoms. The monoisotopic (exact) mass is 322 g/mol. The van der Waals surface area contributed by atoms with E-state index in [9.17, 15) is 13.6 Å². The summed E-state index contributed by atoms with van der Waals surface area (Å²) >= 11 is 0. The molecule has 0 atom stereocenters. The summed E-state index contributed by atoms with van der Waals surface area (Å²) in [4.78, 5) is 11.9. The molecule has 0 unspecified atom stereocenters. The van der Waals surface area contributed by atoms with Crippen LogP contribution in [-0.2, 0) is 11.3 Å². The molecule has 2 aromatic carbocycles. The number of alkyl halides is 2. The summed E-state index contributed by atoms with van der Waals surface area (Å²) < 4.78 is 39.0. The second-order valence-corrected chi connectivity index (χ2v) is 4.81. The quantitative estimate of drug-likeness (QED) is 0.755. The number of halogens is 2. The van der Waals surface area contributed by atoms with Crippen molar-refractivity contribution in [1.82, 2.24) is 0 Å². The van der Waals surface area contributed by atoms with Crippen LogP contribution in [-0.4, -0.2) is 19.7 Å². The molecule has 0 radical (unpaired) electrons. The number of benzene rings is 2. The fourth-order valence-corrected chi connectivity index (χ4v) is 1.92. The molecule has 0 aliphatic carbocycles. The number of hydrogen-bond acceptors (Lipinski definition) is 4. The molecule has 0 fully saturated rings. The fourth-order valence-electron chi connectivity index (χ4n) is 1.92. The zero-order chi connectivity index (χ0) is 16.8. The van der Waals surface area contributed by atoms with Gasteiger partial charge >= 0.3 is 12.6 Å². The molecule has 6 heteroatoms. The van der Waals surface area contributed by atoms with Crippen LogP contribution in [0.5, 0.6) is 11.5 Å². The summed E-state index contributed by atoms with van der Waals surface area (Å²) in [6.45, 7) is -1.02. The summed E-state index contributed by atoms with van der Waals surface area (Å²) in [7, 11) is 1.34. The molecular formula is C17H16F2O4. The smallest absolute Gasteiger partial charge is 0.387 e. The van der Waals surface area contributed by atoms with Gasteiger partial charge in [-0.2, -0.15) is 8.78 Å². The van der Waals surface area contributed by atoms with Crippen LogP contribution in [0.15, 0.2) is 42.5 Å². The molecule has 0 heterocycles. The van der Waals surface area contributed by atoms with Gasteiger partial charge in [0.25, 0.3) is 0 Å². The van der Waals surface area contributed by atoms with Crippen LogP contribution in [0.2, 0.25) is 0 Å². The van der Waals surface area contributed by atoms with E-state index in [0.717, 1.165) is 5.56 Å². The highest BCUT2D eigenvalue weighted by molar-refractivity contribution is 5.89. The van der Waals surface area contributed by atoms with Crippen molar-refractivity contribution in [3.05, 3.63) is 59.2 Å². The molecule has 0 aromatic heterocycles. The van der Waals surface area contributed by atoms with Gasteiger partial charge in [-0.25, -0.2) is 4.79 Å². The van der Waals surface area contributed by atoms with Crippen LogP contribution in [0.1, 0.15) is 21.5 Å². The molecule has 4 nitrogen and oxygen atoms in total. The summed E-state index contributed by atoms with van der Waals surface area (Å²) in [6, 6.07) is 11.4. The number of hydrogen-bond donors (Lipinski definition) is 0. The van der Waals surface area contributed by atoms with Crippen LogP contribution in [0, 0.1) is 6.92 Å². The molecule has 23 heavy (non-hydrogen) atoms. The van der Waals surface area contributed by atoms with Crippen LogP contribution < -0.4 is 9.47 Å². The van der Waals surface area contributed by atoms with E-state index in [4.69, 9.17) is 9.47 Å². The van der Waals surface area contributed by atoms with Crippen molar-refractivity contribution in [2.75, 3.05) is 7.11 Å². The van der Waals surface area contributed by atoms with Crippen molar-refractivity contribution in [1.29, 1.82) is 0 Å². The zero-order valence-corrected chi connectivity index (χ0v) is 12.7. The maximum Gasteiger partial charge on any atom is 0.387 e. The third-order valence-electron chi connectivity index (χ3n) is 3.10. The minimum Gasteiger partial charge on any atom is -0.493 e. The van der Waals surface area contributed by atoms with E-state index in [-0.39, 0.29) is 18.1 Å². The molecule has 0 aliphatic heterocycles. The Morgan fingerprint density at radius 2 is 1.78 bits per heavy atom. The molecule has 0 saturated carbocycles. The van der Waals surface area contributed by atoms with Crippen molar-refractivity contribution >= 4 is 5.97 Å². The van der Waals surface area contributed by atoms with Crippen LogP contribution in [0.3, 0.4) is 0 Å². The molecule has 0 aliphatic rings. The predicted molar refractivity (Wildman–Crippen MR) is 79.9 cm³/mol. The maximum absolute atomic E-state index is 12.3. The van der Waals surface area contributed by atoms with Gasteiger partial charge in [-0.3, -0.25) is 0 Å². The van der Waals surface area contributed by atoms with E-state index in [1.807, 2.05) is 19.1 Å². The molecule has 0 N–H and O–H groups in total. The number of methoxy groups -OCH3 is 1. The molecule has 2 rings (SSSR count). The summed E-state index contributed by atoms with van der Waals surface area (Å²) in [5, 5.41) is 0. The third kappa shape index (κ3) is 4.67. The van der Waals surface area contributed by atoms with Gasteiger partial charge in [-0.1, -0.05) is 23.8 Å². The Morgan fingerprint density at radius 3 is 2.39 bits per heavy atom. The number of carbonyl (C=O) groups is 1. The lowest BCUT2D eigenvalue weighted by Gasteiger charge is -2.11. The van der Waals surface area contributed by atoms with Gasteiger partial charge in [-0.15, -0.1) is 0 Å². The first kappa shape index (κ1) is 16.7. The van der Waals surface area contributed by atoms with E-state index >= 15 is 0 Å². The van der Waals surface area contributed by atoms with Crippen molar-refractivity contribution in [2.45, 2.75) is 20.1 Å². The van der Waals surface area contributed by atoms with Crippen molar-refractivity contribution < 1.29 is 27.8 Å².